The van der Waals surface area contributed by atoms with Crippen molar-refractivity contribution < 1.29 is 19.0 Å². The maximum atomic E-state index is 12.3. The number of carbonyl (C=O) groups excluding carboxylic acids is 1. The fourth-order valence-corrected chi connectivity index (χ4v) is 4.38. The Morgan fingerprint density at radius 3 is 2.34 bits per heavy atom. The minimum Gasteiger partial charge on any atom is -0.495 e. The number of amides is 1. The quantitative estimate of drug-likeness (QED) is 0.256. The molecule has 4 rings (SSSR count). The second kappa shape index (κ2) is 12.6. The number of benzene rings is 2. The van der Waals surface area contributed by atoms with Crippen LogP contribution in [0.3, 0.4) is 0 Å². The maximum absolute atomic E-state index is 12.3. The summed E-state index contributed by atoms with van der Waals surface area (Å²) in [5.41, 5.74) is 8.98. The van der Waals surface area contributed by atoms with E-state index in [9.17, 15) is 4.79 Å². The Hall–Kier alpha value is -4.16. The highest BCUT2D eigenvalue weighted by Gasteiger charge is 2.20. The molecule has 0 bridgehead atoms. The molecule has 220 valence electrons. The first-order chi connectivity index (χ1) is 19.5. The topological polar surface area (TPSA) is 139 Å². The highest BCUT2D eigenvalue weighted by Crippen LogP contribution is 2.38. The summed E-state index contributed by atoms with van der Waals surface area (Å²) in [5.74, 6) is 1.70. The number of aromatic nitrogens is 2. The number of hydrogen-bond donors (Lipinski definition) is 4. The summed E-state index contributed by atoms with van der Waals surface area (Å²) >= 11 is 6.44. The van der Waals surface area contributed by atoms with E-state index in [2.05, 4.69) is 42.8 Å². The van der Waals surface area contributed by atoms with Crippen LogP contribution in [0.5, 0.6) is 11.5 Å². The van der Waals surface area contributed by atoms with Crippen molar-refractivity contribution in [3.63, 3.8) is 0 Å². The third-order valence-electron chi connectivity index (χ3n) is 6.28. The molecule has 1 aliphatic heterocycles. The zero-order chi connectivity index (χ0) is 29.7. The second-order valence-corrected chi connectivity index (χ2v) is 11.0. The van der Waals surface area contributed by atoms with Crippen molar-refractivity contribution in [3.8, 4) is 11.5 Å². The number of nitrogens with zero attached hydrogens (tertiary/aromatic N) is 4. The van der Waals surface area contributed by atoms with Gasteiger partial charge in [-0.25, -0.2) is 9.78 Å². The first kappa shape index (κ1) is 29.8. The third-order valence-corrected chi connectivity index (χ3v) is 6.56. The lowest BCUT2D eigenvalue weighted by Crippen LogP contribution is -2.44. The number of likely N-dealkylation sites (N-methyl/N-ethyl adjacent to an activating group) is 1. The van der Waals surface area contributed by atoms with Crippen molar-refractivity contribution in [1.29, 1.82) is 0 Å². The molecule has 1 aromatic heterocycles. The summed E-state index contributed by atoms with van der Waals surface area (Å²) in [5, 5.41) is 9.35. The van der Waals surface area contributed by atoms with Gasteiger partial charge in [0.05, 0.1) is 43.2 Å². The SMILES string of the molecule is COc1cc(N2CCN(C)CC2)c(N)cc1Nc1ncc(Cl)c(Nc2cc(NC(=O)OC(C)(C)C)ccc2OC)n1. The highest BCUT2D eigenvalue weighted by molar-refractivity contribution is 6.33. The summed E-state index contributed by atoms with van der Waals surface area (Å²) in [6.07, 6.45) is 0.898. The largest absolute Gasteiger partial charge is 0.495 e. The van der Waals surface area contributed by atoms with Crippen molar-refractivity contribution in [2.45, 2.75) is 26.4 Å². The Morgan fingerprint density at radius 2 is 1.68 bits per heavy atom. The predicted molar refractivity (Wildman–Crippen MR) is 164 cm³/mol. The summed E-state index contributed by atoms with van der Waals surface area (Å²) in [6.45, 7) is 9.06. The van der Waals surface area contributed by atoms with Crippen LogP contribution in [0.4, 0.5) is 45.0 Å². The smallest absolute Gasteiger partial charge is 0.412 e. The fourth-order valence-electron chi connectivity index (χ4n) is 4.24. The number of piperazine rings is 1. The molecule has 1 aliphatic rings. The van der Waals surface area contributed by atoms with Gasteiger partial charge in [0, 0.05) is 37.9 Å². The van der Waals surface area contributed by atoms with Gasteiger partial charge in [-0.3, -0.25) is 5.32 Å². The molecular formula is C28H37ClN8O4. The molecule has 12 nitrogen and oxygen atoms in total. The normalized spacial score (nSPS) is 13.9. The molecule has 0 saturated carbocycles. The molecule has 2 aromatic carbocycles. The van der Waals surface area contributed by atoms with Crippen LogP contribution in [0.25, 0.3) is 0 Å². The van der Waals surface area contributed by atoms with Crippen LogP contribution in [0.15, 0.2) is 36.5 Å². The van der Waals surface area contributed by atoms with Gasteiger partial charge >= 0.3 is 6.09 Å². The number of nitrogens with two attached hydrogens (primary N) is 1. The van der Waals surface area contributed by atoms with Gasteiger partial charge in [0.1, 0.15) is 22.1 Å². The van der Waals surface area contributed by atoms with Gasteiger partial charge in [0.25, 0.3) is 0 Å². The summed E-state index contributed by atoms with van der Waals surface area (Å²) in [6, 6.07) is 8.83. The number of nitrogen functional groups attached to an aromatic ring is 1. The Bertz CT molecular complexity index is 1390. The van der Waals surface area contributed by atoms with Gasteiger partial charge in [-0.05, 0) is 52.1 Å². The van der Waals surface area contributed by atoms with Gasteiger partial charge in [0.15, 0.2) is 5.82 Å². The summed E-state index contributed by atoms with van der Waals surface area (Å²) < 4.78 is 16.5. The molecule has 2 heterocycles. The van der Waals surface area contributed by atoms with E-state index in [0.29, 0.717) is 40.1 Å². The van der Waals surface area contributed by atoms with E-state index >= 15 is 0 Å². The van der Waals surface area contributed by atoms with Crippen LogP contribution in [0, 0.1) is 0 Å². The van der Waals surface area contributed by atoms with Crippen LogP contribution in [-0.4, -0.2) is 74.0 Å². The van der Waals surface area contributed by atoms with E-state index in [-0.39, 0.29) is 11.0 Å². The number of rotatable bonds is 8. The van der Waals surface area contributed by atoms with E-state index < -0.39 is 11.7 Å². The van der Waals surface area contributed by atoms with Crippen molar-refractivity contribution in [1.82, 2.24) is 14.9 Å². The summed E-state index contributed by atoms with van der Waals surface area (Å²) in [7, 11) is 5.25. The van der Waals surface area contributed by atoms with Gasteiger partial charge in [-0.1, -0.05) is 11.6 Å². The van der Waals surface area contributed by atoms with Gasteiger partial charge in [-0.2, -0.15) is 4.98 Å². The van der Waals surface area contributed by atoms with Crippen LogP contribution in [0.2, 0.25) is 5.02 Å². The lowest BCUT2D eigenvalue weighted by Gasteiger charge is -2.35. The second-order valence-electron chi connectivity index (χ2n) is 10.6. The van der Waals surface area contributed by atoms with E-state index in [1.54, 1.807) is 53.2 Å². The lowest BCUT2D eigenvalue weighted by molar-refractivity contribution is 0.0636. The summed E-state index contributed by atoms with van der Waals surface area (Å²) in [4.78, 5) is 25.7. The van der Waals surface area contributed by atoms with E-state index in [4.69, 9.17) is 31.5 Å². The Morgan fingerprint density at radius 1 is 1.00 bits per heavy atom. The van der Waals surface area contributed by atoms with Crippen LogP contribution < -0.4 is 36.1 Å². The molecule has 41 heavy (non-hydrogen) atoms. The first-order valence-electron chi connectivity index (χ1n) is 13.1. The number of hydrogen-bond acceptors (Lipinski definition) is 11. The molecule has 0 radical (unpaired) electrons. The molecule has 1 fully saturated rings. The zero-order valence-corrected chi connectivity index (χ0v) is 24.9. The van der Waals surface area contributed by atoms with Crippen LogP contribution in [0.1, 0.15) is 20.8 Å². The van der Waals surface area contributed by atoms with Crippen LogP contribution >= 0.6 is 11.6 Å². The number of nitrogens with one attached hydrogen (secondary N) is 3. The molecule has 0 unspecified atom stereocenters. The molecule has 5 N–H and O–H groups in total. The predicted octanol–water partition coefficient (Wildman–Crippen LogP) is 5.32. The van der Waals surface area contributed by atoms with Crippen LogP contribution in [-0.2, 0) is 4.74 Å². The van der Waals surface area contributed by atoms with Gasteiger partial charge in [-0.15, -0.1) is 0 Å². The Labute approximate surface area is 245 Å². The molecule has 0 spiro atoms. The minimum atomic E-state index is -0.631. The Kier molecular flexibility index (Phi) is 9.14. The number of methoxy groups -OCH3 is 2. The number of anilines is 7. The van der Waals surface area contributed by atoms with E-state index in [1.165, 1.54) is 6.20 Å². The molecule has 3 aromatic rings. The average Bonchev–Trinajstić information content (AvgIpc) is 2.90. The minimum absolute atomic E-state index is 0.268. The maximum Gasteiger partial charge on any atom is 0.412 e. The monoisotopic (exact) mass is 584 g/mol. The van der Waals surface area contributed by atoms with E-state index in [0.717, 1.165) is 31.9 Å². The van der Waals surface area contributed by atoms with Crippen molar-refractivity contribution >= 4 is 57.9 Å². The molecule has 0 aliphatic carbocycles. The lowest BCUT2D eigenvalue weighted by atomic mass is 10.2. The first-order valence-corrected chi connectivity index (χ1v) is 13.5. The zero-order valence-electron chi connectivity index (χ0n) is 24.2. The van der Waals surface area contributed by atoms with E-state index in [1.807, 2.05) is 12.1 Å². The molecule has 1 amide bonds. The Balaban J connectivity index is 1.56. The molecule has 13 heteroatoms. The molecule has 1 saturated heterocycles. The standard InChI is InChI=1S/C28H37ClN8O4/c1-28(2,3)41-27(38)32-17-7-8-23(39-5)20(13-17)33-25-18(29)16-31-26(35-25)34-21-14-19(30)22(15-24(21)40-6)37-11-9-36(4)10-12-37/h7-8,13-16H,9-12,30H2,1-6H3,(H,32,38)(H2,31,33,34,35). The fraction of sp³-hybridized carbons (Fsp3) is 0.393. The molecule has 0 atom stereocenters. The van der Waals surface area contributed by atoms with Gasteiger partial charge in [0.2, 0.25) is 5.95 Å². The number of halogens is 1. The van der Waals surface area contributed by atoms with Crippen molar-refractivity contribution in [3.05, 3.63) is 41.6 Å². The van der Waals surface area contributed by atoms with Crippen molar-refractivity contribution in [2.24, 2.45) is 0 Å². The highest BCUT2D eigenvalue weighted by atomic mass is 35.5. The van der Waals surface area contributed by atoms with Crippen molar-refractivity contribution in [2.75, 3.05) is 74.0 Å². The third kappa shape index (κ3) is 7.74. The molecular weight excluding hydrogens is 548 g/mol. The average molecular weight is 585 g/mol. The number of carbonyl (C=O) groups is 1. The van der Waals surface area contributed by atoms with Gasteiger partial charge < -0.3 is 40.4 Å². The number of ether oxygens (including phenoxy) is 3.